The maximum Gasteiger partial charge on any atom is 0.337 e. The first-order chi connectivity index (χ1) is 9.59. The van der Waals surface area contributed by atoms with E-state index in [1.807, 2.05) is 7.05 Å². The van der Waals surface area contributed by atoms with Crippen LogP contribution in [0.3, 0.4) is 0 Å². The molecule has 1 heterocycles. The van der Waals surface area contributed by atoms with E-state index in [0.29, 0.717) is 5.69 Å². The Kier molecular flexibility index (Phi) is 4.71. The van der Waals surface area contributed by atoms with Crippen LogP contribution >= 0.6 is 0 Å². The first-order valence-corrected chi connectivity index (χ1v) is 7.06. The lowest BCUT2D eigenvalue weighted by Crippen LogP contribution is -2.37. The van der Waals surface area contributed by atoms with Crippen LogP contribution in [-0.2, 0) is 0 Å². The molecule has 1 aromatic rings. The first-order valence-electron chi connectivity index (χ1n) is 7.06. The number of amides is 1. The van der Waals surface area contributed by atoms with Crippen LogP contribution in [0.2, 0.25) is 0 Å². The third-order valence-corrected chi connectivity index (χ3v) is 3.92. The van der Waals surface area contributed by atoms with Crippen molar-refractivity contribution < 1.29 is 14.7 Å². The van der Waals surface area contributed by atoms with Crippen molar-refractivity contribution in [3.05, 3.63) is 29.6 Å². The van der Waals surface area contributed by atoms with Gasteiger partial charge in [-0.15, -0.1) is 0 Å². The minimum Gasteiger partial charge on any atom is -0.478 e. The molecule has 1 aliphatic carbocycles. The summed E-state index contributed by atoms with van der Waals surface area (Å²) >= 11 is 0. The van der Waals surface area contributed by atoms with Crippen molar-refractivity contribution >= 4 is 11.9 Å². The Morgan fingerprint density at radius 1 is 1.20 bits per heavy atom. The van der Waals surface area contributed by atoms with Crippen LogP contribution in [0.4, 0.5) is 0 Å². The fourth-order valence-electron chi connectivity index (χ4n) is 2.64. The van der Waals surface area contributed by atoms with Gasteiger partial charge in [0.2, 0.25) is 0 Å². The van der Waals surface area contributed by atoms with Crippen molar-refractivity contribution in [2.24, 2.45) is 0 Å². The molecule has 5 heteroatoms. The van der Waals surface area contributed by atoms with E-state index in [1.54, 1.807) is 4.90 Å². The second kappa shape index (κ2) is 6.50. The number of carboxylic acid groups (broad SMARTS) is 1. The van der Waals surface area contributed by atoms with E-state index in [-0.39, 0.29) is 17.5 Å². The molecule has 0 spiro atoms. The van der Waals surface area contributed by atoms with Gasteiger partial charge in [0, 0.05) is 19.3 Å². The van der Waals surface area contributed by atoms with Crippen molar-refractivity contribution in [1.29, 1.82) is 0 Å². The summed E-state index contributed by atoms with van der Waals surface area (Å²) in [6, 6.07) is 3.17. The van der Waals surface area contributed by atoms with Crippen LogP contribution < -0.4 is 0 Å². The predicted molar refractivity (Wildman–Crippen MR) is 74.8 cm³/mol. The van der Waals surface area contributed by atoms with Gasteiger partial charge in [-0.05, 0) is 25.0 Å². The molecule has 1 fully saturated rings. The summed E-state index contributed by atoms with van der Waals surface area (Å²) in [7, 11) is 1.81. The molecule has 0 radical (unpaired) electrons. The molecular weight excluding hydrogens is 256 g/mol. The topological polar surface area (TPSA) is 70.5 Å². The minimum atomic E-state index is -1.03. The van der Waals surface area contributed by atoms with Crippen molar-refractivity contribution in [3.8, 4) is 0 Å². The second-order valence-electron chi connectivity index (χ2n) is 5.30. The lowest BCUT2D eigenvalue weighted by atomic mass is 10.1. The Morgan fingerprint density at radius 3 is 2.35 bits per heavy atom. The maximum atomic E-state index is 12.4. The summed E-state index contributed by atoms with van der Waals surface area (Å²) in [5, 5.41) is 8.82. The highest BCUT2D eigenvalue weighted by molar-refractivity contribution is 5.93. The Hall–Kier alpha value is -1.91. The van der Waals surface area contributed by atoms with Crippen LogP contribution in [0.5, 0.6) is 0 Å². The Bertz CT molecular complexity index is 476. The highest BCUT2D eigenvalue weighted by Crippen LogP contribution is 2.22. The quantitative estimate of drug-likeness (QED) is 0.861. The highest BCUT2D eigenvalue weighted by atomic mass is 16.4. The highest BCUT2D eigenvalue weighted by Gasteiger charge is 2.23. The first kappa shape index (κ1) is 14.5. The smallest absolute Gasteiger partial charge is 0.337 e. The van der Waals surface area contributed by atoms with Crippen LogP contribution in [0.15, 0.2) is 18.3 Å². The molecule has 1 N–H and O–H groups in total. The van der Waals surface area contributed by atoms with Crippen LogP contribution in [0.1, 0.15) is 59.4 Å². The second-order valence-corrected chi connectivity index (χ2v) is 5.30. The molecule has 0 aliphatic heterocycles. The fourth-order valence-corrected chi connectivity index (χ4v) is 2.64. The fraction of sp³-hybridized carbons (Fsp3) is 0.533. The molecule has 5 nitrogen and oxygen atoms in total. The molecule has 108 valence electrons. The number of aromatic carboxylic acids is 1. The van der Waals surface area contributed by atoms with E-state index in [0.717, 1.165) is 25.7 Å². The molecule has 1 amide bonds. The molecule has 1 aromatic heterocycles. The van der Waals surface area contributed by atoms with Crippen LogP contribution in [0, 0.1) is 0 Å². The molecule has 1 saturated carbocycles. The Balaban J connectivity index is 2.07. The molecule has 2 rings (SSSR count). The standard InChI is InChI=1S/C15H20N2O3/c1-17(12-6-4-2-3-5-7-12)14(18)13-9-8-11(10-16-13)15(19)20/h8-10,12H,2-7H2,1H3,(H,19,20). The lowest BCUT2D eigenvalue weighted by molar-refractivity contribution is 0.0687. The summed E-state index contributed by atoms with van der Waals surface area (Å²) in [6.07, 6.45) is 8.11. The summed E-state index contributed by atoms with van der Waals surface area (Å²) in [4.78, 5) is 28.8. The van der Waals surface area contributed by atoms with Gasteiger partial charge < -0.3 is 10.0 Å². The van der Waals surface area contributed by atoms with Crippen LogP contribution in [0.25, 0.3) is 0 Å². The van der Waals surface area contributed by atoms with Crippen molar-refractivity contribution in [3.63, 3.8) is 0 Å². The van der Waals surface area contributed by atoms with Gasteiger partial charge in [0.05, 0.1) is 5.56 Å². The van der Waals surface area contributed by atoms with E-state index in [9.17, 15) is 9.59 Å². The van der Waals surface area contributed by atoms with E-state index >= 15 is 0 Å². The van der Waals surface area contributed by atoms with Crippen LogP contribution in [-0.4, -0.2) is 40.0 Å². The number of rotatable bonds is 3. The lowest BCUT2D eigenvalue weighted by Gasteiger charge is -2.26. The van der Waals surface area contributed by atoms with E-state index in [2.05, 4.69) is 4.98 Å². The number of carbonyl (C=O) groups is 2. The normalized spacial score (nSPS) is 16.4. The van der Waals surface area contributed by atoms with E-state index < -0.39 is 5.97 Å². The molecule has 1 aliphatic rings. The zero-order chi connectivity index (χ0) is 14.5. The molecule has 0 saturated heterocycles. The number of hydrogen-bond donors (Lipinski definition) is 1. The van der Waals surface area contributed by atoms with Gasteiger partial charge in [-0.2, -0.15) is 0 Å². The summed E-state index contributed by atoms with van der Waals surface area (Å²) in [5.74, 6) is -1.16. The summed E-state index contributed by atoms with van der Waals surface area (Å²) < 4.78 is 0. The van der Waals surface area contributed by atoms with Crippen molar-refractivity contribution in [1.82, 2.24) is 9.88 Å². The maximum absolute atomic E-state index is 12.4. The molecule has 0 aromatic carbocycles. The number of hydrogen-bond acceptors (Lipinski definition) is 3. The summed E-state index contributed by atoms with van der Waals surface area (Å²) in [6.45, 7) is 0. The van der Waals surface area contributed by atoms with Gasteiger partial charge in [0.15, 0.2) is 0 Å². The molecule has 20 heavy (non-hydrogen) atoms. The average molecular weight is 276 g/mol. The van der Waals surface area contributed by atoms with E-state index in [4.69, 9.17) is 5.11 Å². The predicted octanol–water partition coefficient (Wildman–Crippen LogP) is 2.57. The largest absolute Gasteiger partial charge is 0.478 e. The number of aromatic nitrogens is 1. The number of carbonyl (C=O) groups excluding carboxylic acids is 1. The number of nitrogens with zero attached hydrogens (tertiary/aromatic N) is 2. The van der Waals surface area contributed by atoms with Gasteiger partial charge in [-0.3, -0.25) is 9.78 Å². The Labute approximate surface area is 118 Å². The zero-order valence-corrected chi connectivity index (χ0v) is 11.7. The van der Waals surface area contributed by atoms with Gasteiger partial charge in [-0.1, -0.05) is 25.7 Å². The summed E-state index contributed by atoms with van der Waals surface area (Å²) in [5.41, 5.74) is 0.403. The number of pyridine rings is 1. The molecular formula is C15H20N2O3. The van der Waals surface area contributed by atoms with Gasteiger partial charge in [0.25, 0.3) is 5.91 Å². The third kappa shape index (κ3) is 3.35. The molecule has 0 atom stereocenters. The third-order valence-electron chi connectivity index (χ3n) is 3.92. The van der Waals surface area contributed by atoms with Gasteiger partial charge >= 0.3 is 5.97 Å². The molecule has 0 unspecified atom stereocenters. The van der Waals surface area contributed by atoms with Crippen molar-refractivity contribution in [2.75, 3.05) is 7.05 Å². The average Bonchev–Trinajstić information content (AvgIpc) is 2.75. The van der Waals surface area contributed by atoms with E-state index in [1.165, 1.54) is 31.2 Å². The van der Waals surface area contributed by atoms with Gasteiger partial charge in [0.1, 0.15) is 5.69 Å². The minimum absolute atomic E-state index is 0.0960. The monoisotopic (exact) mass is 276 g/mol. The Morgan fingerprint density at radius 2 is 1.85 bits per heavy atom. The number of carboxylic acids is 1. The molecule has 0 bridgehead atoms. The zero-order valence-electron chi connectivity index (χ0n) is 11.7. The van der Waals surface area contributed by atoms with Gasteiger partial charge in [-0.25, -0.2) is 4.79 Å². The SMILES string of the molecule is CN(C(=O)c1ccc(C(=O)O)cn1)C1CCCCCC1. The van der Waals surface area contributed by atoms with Crippen molar-refractivity contribution in [2.45, 2.75) is 44.6 Å².